The molecule has 2 N–H and O–H groups in total. The highest BCUT2D eigenvalue weighted by Crippen LogP contribution is 1.93. The summed E-state index contributed by atoms with van der Waals surface area (Å²) in [4.78, 5) is 10.1. The van der Waals surface area contributed by atoms with E-state index in [4.69, 9.17) is 4.74 Å². The Hall–Kier alpha value is -0.610. The molecule has 2 aliphatic heterocycles. The summed E-state index contributed by atoms with van der Waals surface area (Å²) < 4.78 is 4.83. The summed E-state index contributed by atoms with van der Waals surface area (Å²) in [5, 5.41) is 5.68. The van der Waals surface area contributed by atoms with Crippen LogP contribution in [-0.4, -0.2) is 32.3 Å². The highest BCUT2D eigenvalue weighted by Gasteiger charge is 2.05. The van der Waals surface area contributed by atoms with Gasteiger partial charge >= 0.3 is 0 Å². The molecule has 0 aromatic carbocycles. The summed E-state index contributed by atoms with van der Waals surface area (Å²) in [6, 6.07) is 0. The molecular formula is C7H14N2O2. The van der Waals surface area contributed by atoms with Crippen LogP contribution in [0.15, 0.2) is 0 Å². The van der Waals surface area contributed by atoms with Crippen LogP contribution in [-0.2, 0) is 9.53 Å². The molecule has 0 spiro atoms. The fraction of sp³-hybridized carbons (Fsp3) is 0.857. The van der Waals surface area contributed by atoms with Crippen molar-refractivity contribution >= 4 is 5.91 Å². The molecule has 0 radical (unpaired) electrons. The van der Waals surface area contributed by atoms with Gasteiger partial charge in [0.25, 0.3) is 0 Å². The molecule has 2 rings (SSSR count). The minimum atomic E-state index is 0.204. The maximum Gasteiger partial charge on any atom is 0.220 e. The Balaban J connectivity index is 0.000000112. The van der Waals surface area contributed by atoms with E-state index in [2.05, 4.69) is 10.6 Å². The second kappa shape index (κ2) is 5.09. The first-order valence-electron chi connectivity index (χ1n) is 3.95. The zero-order chi connectivity index (χ0) is 7.94. The first-order valence-corrected chi connectivity index (χ1v) is 3.95. The number of carbonyl (C=O) groups is 1. The molecule has 1 amide bonds. The third kappa shape index (κ3) is 3.95. The lowest BCUT2D eigenvalue weighted by Crippen LogP contribution is -2.12. The molecule has 2 heterocycles. The van der Waals surface area contributed by atoms with Gasteiger partial charge in [-0.15, -0.1) is 0 Å². The lowest BCUT2D eigenvalue weighted by atomic mass is 10.4. The number of carbonyl (C=O) groups excluding carboxylic acids is 1. The van der Waals surface area contributed by atoms with E-state index >= 15 is 0 Å². The van der Waals surface area contributed by atoms with E-state index in [1.165, 1.54) is 0 Å². The molecule has 0 aromatic heterocycles. The Morgan fingerprint density at radius 2 is 2.27 bits per heavy atom. The standard InChI is InChI=1S/C4H7NO.C3H7NO/c6-4-2-1-3-5-4;1-2-5-3-4-1/h1-3H2,(H,5,6);4H,1-3H2. The monoisotopic (exact) mass is 158 g/mol. The average molecular weight is 158 g/mol. The predicted molar refractivity (Wildman–Crippen MR) is 41.1 cm³/mol. The summed E-state index contributed by atoms with van der Waals surface area (Å²) in [6.07, 6.45) is 1.76. The van der Waals surface area contributed by atoms with Crippen molar-refractivity contribution in [2.24, 2.45) is 0 Å². The molecule has 0 saturated carbocycles. The molecule has 4 heteroatoms. The van der Waals surface area contributed by atoms with Gasteiger partial charge in [0.2, 0.25) is 5.91 Å². The van der Waals surface area contributed by atoms with Gasteiger partial charge in [0, 0.05) is 19.5 Å². The van der Waals surface area contributed by atoms with Crippen molar-refractivity contribution in [3.8, 4) is 0 Å². The van der Waals surface area contributed by atoms with Crippen LogP contribution in [0.2, 0.25) is 0 Å². The first-order chi connectivity index (χ1) is 5.39. The highest BCUT2D eigenvalue weighted by atomic mass is 16.5. The lowest BCUT2D eigenvalue weighted by Gasteiger charge is -1.80. The van der Waals surface area contributed by atoms with Crippen LogP contribution >= 0.6 is 0 Å². The van der Waals surface area contributed by atoms with Crippen molar-refractivity contribution in [1.29, 1.82) is 0 Å². The molecule has 0 aliphatic carbocycles. The van der Waals surface area contributed by atoms with Gasteiger partial charge in [-0.3, -0.25) is 10.1 Å². The van der Waals surface area contributed by atoms with Gasteiger partial charge in [0.05, 0.1) is 13.3 Å². The molecule has 4 nitrogen and oxygen atoms in total. The third-order valence-electron chi connectivity index (χ3n) is 1.53. The largest absolute Gasteiger partial charge is 0.365 e. The van der Waals surface area contributed by atoms with Crippen molar-refractivity contribution in [1.82, 2.24) is 10.6 Å². The molecule has 11 heavy (non-hydrogen) atoms. The number of rotatable bonds is 0. The molecule has 64 valence electrons. The van der Waals surface area contributed by atoms with E-state index in [-0.39, 0.29) is 5.91 Å². The number of hydrogen-bond acceptors (Lipinski definition) is 3. The van der Waals surface area contributed by atoms with Gasteiger partial charge < -0.3 is 10.1 Å². The SMILES string of the molecule is C1COCN1.O=C1CCCN1. The van der Waals surface area contributed by atoms with Crippen molar-refractivity contribution in [2.75, 3.05) is 26.4 Å². The minimum Gasteiger partial charge on any atom is -0.365 e. The topological polar surface area (TPSA) is 50.4 Å². The van der Waals surface area contributed by atoms with Gasteiger partial charge in [0.1, 0.15) is 0 Å². The molecule has 0 bridgehead atoms. The van der Waals surface area contributed by atoms with Gasteiger partial charge in [-0.25, -0.2) is 0 Å². The minimum absolute atomic E-state index is 0.204. The third-order valence-corrected chi connectivity index (χ3v) is 1.53. The number of ether oxygens (including phenoxy) is 1. The maximum absolute atomic E-state index is 10.1. The maximum atomic E-state index is 10.1. The van der Waals surface area contributed by atoms with Crippen LogP contribution in [0.1, 0.15) is 12.8 Å². The fourth-order valence-corrected chi connectivity index (χ4v) is 0.926. The predicted octanol–water partition coefficient (Wildman–Crippen LogP) is -0.540. The van der Waals surface area contributed by atoms with Crippen LogP contribution < -0.4 is 10.6 Å². The van der Waals surface area contributed by atoms with Crippen molar-refractivity contribution in [3.05, 3.63) is 0 Å². The van der Waals surface area contributed by atoms with E-state index in [0.717, 1.165) is 39.3 Å². The summed E-state index contributed by atoms with van der Waals surface area (Å²) in [6.45, 7) is 3.55. The van der Waals surface area contributed by atoms with Crippen LogP contribution in [0.4, 0.5) is 0 Å². The van der Waals surface area contributed by atoms with E-state index in [1.807, 2.05) is 0 Å². The number of nitrogens with one attached hydrogen (secondary N) is 2. The van der Waals surface area contributed by atoms with E-state index in [0.29, 0.717) is 0 Å². The summed E-state index contributed by atoms with van der Waals surface area (Å²) in [5.41, 5.74) is 0. The number of amides is 1. The zero-order valence-electron chi connectivity index (χ0n) is 6.56. The quantitative estimate of drug-likeness (QED) is 0.498. The van der Waals surface area contributed by atoms with Gasteiger partial charge in [0.15, 0.2) is 0 Å². The van der Waals surface area contributed by atoms with Gasteiger partial charge in [-0.05, 0) is 6.42 Å². The molecule has 2 fully saturated rings. The Labute approximate surface area is 66.3 Å². The molecule has 2 saturated heterocycles. The second-order valence-electron chi connectivity index (χ2n) is 2.51. The van der Waals surface area contributed by atoms with Crippen molar-refractivity contribution in [3.63, 3.8) is 0 Å². The average Bonchev–Trinajstić information content (AvgIpc) is 2.57. The number of hydrogen-bond donors (Lipinski definition) is 2. The van der Waals surface area contributed by atoms with Crippen LogP contribution in [0, 0.1) is 0 Å². The van der Waals surface area contributed by atoms with E-state index in [1.54, 1.807) is 0 Å². The molecule has 0 aromatic rings. The Morgan fingerprint density at radius 3 is 2.45 bits per heavy atom. The Kier molecular flexibility index (Phi) is 3.93. The lowest BCUT2D eigenvalue weighted by molar-refractivity contribution is -0.119. The van der Waals surface area contributed by atoms with Crippen LogP contribution in [0.3, 0.4) is 0 Å². The van der Waals surface area contributed by atoms with Crippen LogP contribution in [0.5, 0.6) is 0 Å². The zero-order valence-corrected chi connectivity index (χ0v) is 6.56. The smallest absolute Gasteiger partial charge is 0.220 e. The summed E-state index contributed by atoms with van der Waals surface area (Å²) in [5.74, 6) is 0.204. The summed E-state index contributed by atoms with van der Waals surface area (Å²) >= 11 is 0. The Bertz CT molecular complexity index is 108. The fourth-order valence-electron chi connectivity index (χ4n) is 0.926. The molecular weight excluding hydrogens is 144 g/mol. The first kappa shape index (κ1) is 8.49. The second-order valence-corrected chi connectivity index (χ2v) is 2.51. The van der Waals surface area contributed by atoms with E-state index in [9.17, 15) is 4.79 Å². The van der Waals surface area contributed by atoms with E-state index < -0.39 is 0 Å². The van der Waals surface area contributed by atoms with Crippen molar-refractivity contribution in [2.45, 2.75) is 12.8 Å². The highest BCUT2D eigenvalue weighted by molar-refractivity contribution is 5.77. The molecule has 0 unspecified atom stereocenters. The summed E-state index contributed by atoms with van der Waals surface area (Å²) in [7, 11) is 0. The van der Waals surface area contributed by atoms with Crippen LogP contribution in [0.25, 0.3) is 0 Å². The normalized spacial score (nSPS) is 22.4. The Morgan fingerprint density at radius 1 is 1.36 bits per heavy atom. The molecule has 0 atom stereocenters. The van der Waals surface area contributed by atoms with Gasteiger partial charge in [-0.1, -0.05) is 0 Å². The van der Waals surface area contributed by atoms with Crippen molar-refractivity contribution < 1.29 is 9.53 Å². The van der Waals surface area contributed by atoms with Gasteiger partial charge in [-0.2, -0.15) is 0 Å². The molecule has 2 aliphatic rings.